The van der Waals surface area contributed by atoms with Gasteiger partial charge in [0.05, 0.1) is 25.0 Å². The molecule has 2 fully saturated rings. The highest BCUT2D eigenvalue weighted by atomic mass is 35.5. The Labute approximate surface area is 250 Å². The van der Waals surface area contributed by atoms with Gasteiger partial charge in [-0.1, -0.05) is 23.7 Å². The fourth-order valence-electron chi connectivity index (χ4n) is 5.91. The maximum absolute atomic E-state index is 11.0. The van der Waals surface area contributed by atoms with Crippen molar-refractivity contribution in [2.24, 2.45) is 0 Å². The lowest BCUT2D eigenvalue weighted by Gasteiger charge is -2.37. The first-order chi connectivity index (χ1) is 20.4. The van der Waals surface area contributed by atoms with Crippen molar-refractivity contribution in [2.75, 3.05) is 56.6 Å². The predicted molar refractivity (Wildman–Crippen MR) is 160 cm³/mol. The molecule has 0 amide bonds. The molecule has 3 N–H and O–H groups in total. The van der Waals surface area contributed by atoms with E-state index in [1.54, 1.807) is 0 Å². The first-order valence-corrected chi connectivity index (χ1v) is 14.9. The summed E-state index contributed by atoms with van der Waals surface area (Å²) in [4.78, 5) is 25.1. The standard InChI is InChI=1S/C31H36ClN5O5/c32-22-4-1-20(2-5-22)18-41-23-6-9-25-21(17-23)3-8-26-28(25)34-31(33)35-29(26)37-13-11-36(12-14-37)15-16-40-19-24-7-10-27(42-24)30(38)39/h1-2,4-6,9,17,24,27H,3,7-8,10-16,18-19H2,(H,38,39)(H2,33,34,35)/t24-,27+/m0/s1. The van der Waals surface area contributed by atoms with Gasteiger partial charge in [-0.2, -0.15) is 4.98 Å². The highest BCUT2D eigenvalue weighted by molar-refractivity contribution is 6.30. The van der Waals surface area contributed by atoms with Crippen LogP contribution >= 0.6 is 11.6 Å². The van der Waals surface area contributed by atoms with Crippen LogP contribution in [0.15, 0.2) is 42.5 Å². The number of halogens is 1. The van der Waals surface area contributed by atoms with Crippen LogP contribution in [-0.4, -0.2) is 84.1 Å². The van der Waals surface area contributed by atoms with Gasteiger partial charge < -0.3 is 30.0 Å². The Kier molecular flexibility index (Phi) is 8.76. The fraction of sp³-hybridized carbons (Fsp3) is 0.452. The number of nitrogen functional groups attached to an aromatic ring is 1. The van der Waals surface area contributed by atoms with E-state index < -0.39 is 12.1 Å². The van der Waals surface area contributed by atoms with Gasteiger partial charge in [0.25, 0.3) is 0 Å². The lowest BCUT2D eigenvalue weighted by atomic mass is 9.88. The molecule has 0 spiro atoms. The molecule has 11 heteroatoms. The van der Waals surface area contributed by atoms with Crippen LogP contribution in [0.25, 0.3) is 11.3 Å². The van der Waals surface area contributed by atoms with E-state index in [0.717, 1.165) is 85.9 Å². The molecule has 222 valence electrons. The topological polar surface area (TPSA) is 123 Å². The Balaban J connectivity index is 1.04. The fourth-order valence-corrected chi connectivity index (χ4v) is 6.04. The number of nitrogens with two attached hydrogens (primary N) is 1. The van der Waals surface area contributed by atoms with Crippen molar-refractivity contribution in [2.45, 2.75) is 44.5 Å². The number of carboxylic acid groups (broad SMARTS) is 1. The van der Waals surface area contributed by atoms with Crippen molar-refractivity contribution < 1.29 is 24.1 Å². The Bertz CT molecular complexity index is 1410. The number of rotatable bonds is 10. The Morgan fingerprint density at radius 3 is 2.64 bits per heavy atom. The van der Waals surface area contributed by atoms with Crippen LogP contribution < -0.4 is 15.4 Å². The average molecular weight is 594 g/mol. The van der Waals surface area contributed by atoms with Gasteiger partial charge in [-0.25, -0.2) is 9.78 Å². The zero-order valence-corrected chi connectivity index (χ0v) is 24.3. The zero-order valence-electron chi connectivity index (χ0n) is 23.5. The van der Waals surface area contributed by atoms with E-state index in [-0.39, 0.29) is 12.1 Å². The SMILES string of the molecule is Nc1nc2c(c(N3CCN(CCOC[C@@H]4CC[C@H](C(=O)O)O4)CC3)n1)CCc1cc(OCc3ccc(Cl)cc3)ccc1-2. The van der Waals surface area contributed by atoms with Crippen molar-refractivity contribution in [3.05, 3.63) is 64.2 Å². The van der Waals surface area contributed by atoms with E-state index in [0.29, 0.717) is 31.3 Å². The molecule has 3 heterocycles. The number of piperazine rings is 1. The maximum atomic E-state index is 11.0. The molecule has 0 bridgehead atoms. The van der Waals surface area contributed by atoms with E-state index in [9.17, 15) is 4.79 Å². The third kappa shape index (κ3) is 6.62. The number of aliphatic carboxylic acids is 1. The van der Waals surface area contributed by atoms with Gasteiger partial charge in [-0.3, -0.25) is 4.90 Å². The third-order valence-electron chi connectivity index (χ3n) is 8.21. The van der Waals surface area contributed by atoms with Crippen LogP contribution in [0.1, 0.15) is 29.5 Å². The Hall–Kier alpha value is -3.44. The molecule has 1 aliphatic carbocycles. The van der Waals surface area contributed by atoms with Gasteiger partial charge in [0.2, 0.25) is 5.95 Å². The van der Waals surface area contributed by atoms with Gasteiger partial charge in [-0.05, 0) is 67.1 Å². The first-order valence-electron chi connectivity index (χ1n) is 14.5. The summed E-state index contributed by atoms with van der Waals surface area (Å²) < 4.78 is 17.4. The van der Waals surface area contributed by atoms with Crippen LogP contribution in [0.4, 0.5) is 11.8 Å². The minimum Gasteiger partial charge on any atom is -0.489 e. The molecule has 2 aromatic carbocycles. The molecule has 6 rings (SSSR count). The van der Waals surface area contributed by atoms with Crippen molar-refractivity contribution in [3.8, 4) is 17.0 Å². The predicted octanol–water partition coefficient (Wildman–Crippen LogP) is 3.83. The summed E-state index contributed by atoms with van der Waals surface area (Å²) in [7, 11) is 0. The molecule has 1 aromatic heterocycles. The lowest BCUT2D eigenvalue weighted by Crippen LogP contribution is -2.48. The number of anilines is 2. The van der Waals surface area contributed by atoms with Crippen molar-refractivity contribution in [1.82, 2.24) is 14.9 Å². The van der Waals surface area contributed by atoms with E-state index in [1.165, 1.54) is 5.56 Å². The first kappa shape index (κ1) is 28.7. The Morgan fingerprint density at radius 2 is 1.88 bits per heavy atom. The van der Waals surface area contributed by atoms with E-state index in [1.807, 2.05) is 30.3 Å². The number of aromatic nitrogens is 2. The summed E-state index contributed by atoms with van der Waals surface area (Å²) in [6.07, 6.45) is 2.18. The quantitative estimate of drug-likeness (QED) is 0.335. The average Bonchev–Trinajstić information content (AvgIpc) is 3.48. The molecule has 10 nitrogen and oxygen atoms in total. The normalized spacial score (nSPS) is 20.3. The highest BCUT2D eigenvalue weighted by Gasteiger charge is 2.31. The molecule has 0 unspecified atom stereocenters. The molecule has 0 saturated carbocycles. The second-order valence-electron chi connectivity index (χ2n) is 11.0. The number of hydrogen-bond acceptors (Lipinski definition) is 9. The second kappa shape index (κ2) is 12.8. The van der Waals surface area contributed by atoms with Crippen LogP contribution in [0.5, 0.6) is 5.75 Å². The number of hydrogen-bond donors (Lipinski definition) is 2. The molecular weight excluding hydrogens is 558 g/mol. The smallest absolute Gasteiger partial charge is 0.332 e. The molecule has 2 saturated heterocycles. The van der Waals surface area contributed by atoms with Crippen molar-refractivity contribution in [1.29, 1.82) is 0 Å². The minimum atomic E-state index is -0.892. The number of ether oxygens (including phenoxy) is 3. The van der Waals surface area contributed by atoms with Gasteiger partial charge in [0, 0.05) is 48.9 Å². The monoisotopic (exact) mass is 593 g/mol. The minimum absolute atomic E-state index is 0.129. The molecular formula is C31H36ClN5O5. The van der Waals surface area contributed by atoms with Crippen LogP contribution in [-0.2, 0) is 33.7 Å². The molecule has 3 aromatic rings. The largest absolute Gasteiger partial charge is 0.489 e. The summed E-state index contributed by atoms with van der Waals surface area (Å²) >= 11 is 5.99. The van der Waals surface area contributed by atoms with E-state index in [4.69, 9.17) is 41.6 Å². The molecule has 42 heavy (non-hydrogen) atoms. The van der Waals surface area contributed by atoms with Crippen LogP contribution in [0.2, 0.25) is 5.02 Å². The molecule has 2 aliphatic heterocycles. The van der Waals surface area contributed by atoms with Crippen molar-refractivity contribution in [3.63, 3.8) is 0 Å². The van der Waals surface area contributed by atoms with Crippen molar-refractivity contribution >= 4 is 29.3 Å². The summed E-state index contributed by atoms with van der Waals surface area (Å²) in [5, 5.41) is 9.78. The van der Waals surface area contributed by atoms with Crippen LogP contribution in [0.3, 0.4) is 0 Å². The van der Waals surface area contributed by atoms with Gasteiger partial charge in [-0.15, -0.1) is 0 Å². The number of fused-ring (bicyclic) bond motifs is 3. The van der Waals surface area contributed by atoms with Gasteiger partial charge in [0.1, 0.15) is 18.2 Å². The summed E-state index contributed by atoms with van der Waals surface area (Å²) in [5.41, 5.74) is 11.6. The van der Waals surface area contributed by atoms with E-state index >= 15 is 0 Å². The summed E-state index contributed by atoms with van der Waals surface area (Å²) in [5.74, 6) is 1.16. The van der Waals surface area contributed by atoms with Gasteiger partial charge >= 0.3 is 5.97 Å². The van der Waals surface area contributed by atoms with E-state index in [2.05, 4.69) is 26.9 Å². The lowest BCUT2D eigenvalue weighted by molar-refractivity contribution is -0.150. The number of carboxylic acids is 1. The second-order valence-corrected chi connectivity index (χ2v) is 11.5. The third-order valence-corrected chi connectivity index (χ3v) is 8.46. The summed E-state index contributed by atoms with van der Waals surface area (Å²) in [6.45, 7) is 5.82. The molecule has 0 radical (unpaired) electrons. The number of aryl methyl sites for hydroxylation is 1. The van der Waals surface area contributed by atoms with Gasteiger partial charge in [0.15, 0.2) is 6.10 Å². The number of benzene rings is 2. The molecule has 2 atom stereocenters. The maximum Gasteiger partial charge on any atom is 0.332 e. The number of nitrogens with zero attached hydrogens (tertiary/aromatic N) is 4. The summed E-state index contributed by atoms with van der Waals surface area (Å²) in [6, 6.07) is 13.9. The number of carbonyl (C=O) groups is 1. The zero-order chi connectivity index (χ0) is 29.1. The highest BCUT2D eigenvalue weighted by Crippen LogP contribution is 2.38. The Morgan fingerprint density at radius 1 is 1.07 bits per heavy atom. The molecule has 3 aliphatic rings. The van der Waals surface area contributed by atoms with Crippen LogP contribution in [0, 0.1) is 0 Å².